The van der Waals surface area contributed by atoms with Gasteiger partial charge in [-0.15, -0.1) is 24.4 Å². The minimum absolute atomic E-state index is 0.0773. The lowest BCUT2D eigenvalue weighted by molar-refractivity contribution is -0.115. The Kier molecular flexibility index (Phi) is 4.13. The number of ketones is 1. The van der Waals surface area contributed by atoms with Crippen LogP contribution >= 0.6 is 24.4 Å². The number of aromatic hydroxyl groups is 1. The van der Waals surface area contributed by atoms with Gasteiger partial charge in [0.15, 0.2) is 5.78 Å². The van der Waals surface area contributed by atoms with Crippen LogP contribution in [0, 0.1) is 0 Å². The second-order valence-electron chi connectivity index (χ2n) is 4.80. The summed E-state index contributed by atoms with van der Waals surface area (Å²) in [5.74, 6) is -0.274. The lowest BCUT2D eigenvalue weighted by Gasteiger charge is -2.24. The number of Topliss-reactive ketones (excluding diaryl/α,β-unsaturated/α-hetero) is 1. The number of benzene rings is 2. The van der Waals surface area contributed by atoms with Gasteiger partial charge < -0.3 is 5.11 Å². The SMILES string of the molecule is O=C(c1ccccc1O)C1SCC(=O)N1c1ccccc1S. The van der Waals surface area contributed by atoms with Crippen LogP contribution in [0.4, 0.5) is 5.69 Å². The number of nitrogens with zero attached hydrogens (tertiary/aromatic N) is 1. The average molecular weight is 331 g/mol. The average Bonchev–Trinajstić information content (AvgIpc) is 2.89. The Morgan fingerprint density at radius 2 is 1.86 bits per heavy atom. The van der Waals surface area contributed by atoms with Crippen LogP contribution in [0.3, 0.4) is 0 Å². The summed E-state index contributed by atoms with van der Waals surface area (Å²) in [5.41, 5.74) is 0.825. The Morgan fingerprint density at radius 3 is 2.59 bits per heavy atom. The summed E-state index contributed by atoms with van der Waals surface area (Å²) in [6.45, 7) is 0. The summed E-state index contributed by atoms with van der Waals surface area (Å²) in [5, 5.41) is 9.18. The van der Waals surface area contributed by atoms with E-state index < -0.39 is 5.37 Å². The van der Waals surface area contributed by atoms with Gasteiger partial charge in [0.1, 0.15) is 11.1 Å². The van der Waals surface area contributed by atoms with Crippen molar-refractivity contribution in [1.29, 1.82) is 0 Å². The number of thiol groups is 1. The quantitative estimate of drug-likeness (QED) is 0.671. The third kappa shape index (κ3) is 2.60. The van der Waals surface area contributed by atoms with Crippen LogP contribution < -0.4 is 4.90 Å². The number of hydrogen-bond donors (Lipinski definition) is 2. The maximum absolute atomic E-state index is 12.7. The van der Waals surface area contributed by atoms with Gasteiger partial charge in [0.25, 0.3) is 0 Å². The van der Waals surface area contributed by atoms with E-state index >= 15 is 0 Å². The molecule has 4 nitrogen and oxygen atoms in total. The van der Waals surface area contributed by atoms with Crippen LogP contribution in [0.2, 0.25) is 0 Å². The van der Waals surface area contributed by atoms with Gasteiger partial charge in [0, 0.05) is 4.90 Å². The van der Waals surface area contributed by atoms with Crippen molar-refractivity contribution in [2.45, 2.75) is 10.3 Å². The molecular weight excluding hydrogens is 318 g/mol. The van der Waals surface area contributed by atoms with Crippen LogP contribution in [-0.2, 0) is 4.79 Å². The molecule has 1 N–H and O–H groups in total. The topological polar surface area (TPSA) is 57.6 Å². The van der Waals surface area contributed by atoms with Crippen LogP contribution in [0.25, 0.3) is 0 Å². The number of rotatable bonds is 3. The molecule has 0 radical (unpaired) electrons. The molecule has 1 amide bonds. The number of phenols is 1. The molecule has 2 aromatic rings. The molecule has 1 saturated heterocycles. The Balaban J connectivity index is 2.00. The molecule has 1 aliphatic heterocycles. The summed E-state index contributed by atoms with van der Waals surface area (Å²) in [6, 6.07) is 13.5. The zero-order valence-corrected chi connectivity index (χ0v) is 13.2. The summed E-state index contributed by atoms with van der Waals surface area (Å²) in [6.07, 6.45) is 0. The fourth-order valence-corrected chi connectivity index (χ4v) is 3.73. The van der Waals surface area contributed by atoms with E-state index in [9.17, 15) is 14.7 Å². The number of para-hydroxylation sites is 2. The number of hydrogen-bond acceptors (Lipinski definition) is 5. The van der Waals surface area contributed by atoms with Gasteiger partial charge in [-0.3, -0.25) is 14.5 Å². The molecule has 1 unspecified atom stereocenters. The number of carbonyl (C=O) groups excluding carboxylic acids is 2. The van der Waals surface area contributed by atoms with Gasteiger partial charge >= 0.3 is 0 Å². The highest BCUT2D eigenvalue weighted by Gasteiger charge is 2.39. The fourth-order valence-electron chi connectivity index (χ4n) is 2.36. The Morgan fingerprint density at radius 1 is 1.18 bits per heavy atom. The van der Waals surface area contributed by atoms with Gasteiger partial charge in [0.2, 0.25) is 5.91 Å². The summed E-state index contributed by atoms with van der Waals surface area (Å²) >= 11 is 5.62. The van der Waals surface area contributed by atoms with E-state index in [4.69, 9.17) is 0 Å². The predicted molar refractivity (Wildman–Crippen MR) is 89.9 cm³/mol. The fraction of sp³-hybridized carbons (Fsp3) is 0.125. The largest absolute Gasteiger partial charge is 0.507 e. The van der Waals surface area contributed by atoms with Crippen molar-refractivity contribution in [3.8, 4) is 5.75 Å². The van der Waals surface area contributed by atoms with Gasteiger partial charge in [-0.05, 0) is 24.3 Å². The number of carbonyl (C=O) groups is 2. The van der Waals surface area contributed by atoms with Crippen molar-refractivity contribution in [3.63, 3.8) is 0 Å². The molecule has 1 heterocycles. The highest BCUT2D eigenvalue weighted by atomic mass is 32.2. The van der Waals surface area contributed by atoms with E-state index in [1.54, 1.807) is 36.4 Å². The van der Waals surface area contributed by atoms with E-state index in [2.05, 4.69) is 12.6 Å². The van der Waals surface area contributed by atoms with E-state index in [1.807, 2.05) is 6.07 Å². The molecule has 0 aromatic heterocycles. The molecule has 1 atom stereocenters. The molecule has 0 saturated carbocycles. The molecule has 1 aliphatic rings. The van der Waals surface area contributed by atoms with Crippen LogP contribution in [0.1, 0.15) is 10.4 Å². The molecule has 0 bridgehead atoms. The van der Waals surface area contributed by atoms with Crippen LogP contribution in [-0.4, -0.2) is 27.9 Å². The molecule has 0 aliphatic carbocycles. The zero-order valence-electron chi connectivity index (χ0n) is 11.5. The monoisotopic (exact) mass is 331 g/mol. The maximum atomic E-state index is 12.7. The second-order valence-corrected chi connectivity index (χ2v) is 6.35. The smallest absolute Gasteiger partial charge is 0.238 e. The highest BCUT2D eigenvalue weighted by molar-refractivity contribution is 8.02. The van der Waals surface area contributed by atoms with Gasteiger partial charge in [-0.25, -0.2) is 0 Å². The van der Waals surface area contributed by atoms with Gasteiger partial charge in [-0.1, -0.05) is 24.3 Å². The first-order chi connectivity index (χ1) is 10.6. The standard InChI is InChI=1S/C16H13NO3S2/c18-12-7-3-1-5-10(12)15(20)16-17(14(19)9-22-16)11-6-2-4-8-13(11)21/h1-8,16,18,21H,9H2. The van der Waals surface area contributed by atoms with Crippen molar-refractivity contribution in [2.24, 2.45) is 0 Å². The first kappa shape index (κ1) is 15.0. The zero-order chi connectivity index (χ0) is 15.7. The van der Waals surface area contributed by atoms with E-state index in [-0.39, 0.29) is 28.8 Å². The molecular formula is C16H13NO3S2. The summed E-state index contributed by atoms with van der Waals surface area (Å²) in [4.78, 5) is 27.0. The van der Waals surface area contributed by atoms with Crippen molar-refractivity contribution < 1.29 is 14.7 Å². The van der Waals surface area contributed by atoms with E-state index in [0.717, 1.165) is 0 Å². The van der Waals surface area contributed by atoms with E-state index in [1.165, 1.54) is 22.7 Å². The van der Waals surface area contributed by atoms with E-state index in [0.29, 0.717) is 10.6 Å². The Labute approximate surface area is 137 Å². The highest BCUT2D eigenvalue weighted by Crippen LogP contribution is 2.36. The lowest BCUT2D eigenvalue weighted by atomic mass is 10.1. The molecule has 6 heteroatoms. The van der Waals surface area contributed by atoms with Gasteiger partial charge in [0.05, 0.1) is 17.0 Å². The van der Waals surface area contributed by atoms with Crippen molar-refractivity contribution in [1.82, 2.24) is 0 Å². The lowest BCUT2D eigenvalue weighted by Crippen LogP contribution is -2.38. The molecule has 0 spiro atoms. The van der Waals surface area contributed by atoms with Gasteiger partial charge in [-0.2, -0.15) is 0 Å². The normalized spacial score (nSPS) is 17.8. The Hall–Kier alpha value is -1.92. The molecule has 112 valence electrons. The maximum Gasteiger partial charge on any atom is 0.238 e. The van der Waals surface area contributed by atoms with Crippen molar-refractivity contribution in [3.05, 3.63) is 54.1 Å². The predicted octanol–water partition coefficient (Wildman–Crippen LogP) is 2.97. The molecule has 2 aromatic carbocycles. The first-order valence-electron chi connectivity index (χ1n) is 6.63. The third-order valence-electron chi connectivity index (χ3n) is 3.40. The number of amides is 1. The molecule has 3 rings (SSSR count). The van der Waals surface area contributed by atoms with Crippen LogP contribution in [0.15, 0.2) is 53.4 Å². The summed E-state index contributed by atoms with van der Waals surface area (Å²) in [7, 11) is 0. The van der Waals surface area contributed by atoms with Crippen molar-refractivity contribution >= 4 is 41.8 Å². The Bertz CT molecular complexity index is 748. The minimum atomic E-state index is -0.686. The molecule has 22 heavy (non-hydrogen) atoms. The third-order valence-corrected chi connectivity index (χ3v) is 4.94. The van der Waals surface area contributed by atoms with Crippen LogP contribution in [0.5, 0.6) is 5.75 Å². The minimum Gasteiger partial charge on any atom is -0.507 e. The number of anilines is 1. The number of phenolic OH excluding ortho intramolecular Hbond substituents is 1. The van der Waals surface area contributed by atoms with Crippen molar-refractivity contribution in [2.75, 3.05) is 10.7 Å². The first-order valence-corrected chi connectivity index (χ1v) is 8.13. The summed E-state index contributed by atoms with van der Waals surface area (Å²) < 4.78 is 0. The second kappa shape index (κ2) is 6.06. The number of thioether (sulfide) groups is 1. The molecule has 1 fully saturated rings.